The number of carbonyl (C=O) groups is 1. The number of fused-ring (bicyclic) bond motifs is 2. The lowest BCUT2D eigenvalue weighted by atomic mass is 9.99. The molecule has 6 rings (SSSR count). The summed E-state index contributed by atoms with van der Waals surface area (Å²) in [5.41, 5.74) is 4.50. The van der Waals surface area contributed by atoms with Gasteiger partial charge in [-0.2, -0.15) is 0 Å². The first-order valence-electron chi connectivity index (χ1n) is 11.0. The first-order chi connectivity index (χ1) is 16.2. The van der Waals surface area contributed by atoms with Crippen molar-refractivity contribution in [3.05, 3.63) is 53.9 Å². The van der Waals surface area contributed by atoms with Crippen LogP contribution in [-0.2, 0) is 11.2 Å². The number of piperazine rings is 1. The van der Waals surface area contributed by atoms with Crippen LogP contribution in [0.3, 0.4) is 0 Å². The molecule has 168 valence electrons. The molecule has 0 spiro atoms. The summed E-state index contributed by atoms with van der Waals surface area (Å²) in [6.07, 6.45) is 2.45. The lowest BCUT2D eigenvalue weighted by molar-refractivity contribution is -0.134. The molecule has 2 aliphatic rings. The second kappa shape index (κ2) is 8.24. The van der Waals surface area contributed by atoms with E-state index >= 15 is 0 Å². The summed E-state index contributed by atoms with van der Waals surface area (Å²) in [7, 11) is 0. The molecule has 1 amide bonds. The van der Waals surface area contributed by atoms with E-state index in [1.807, 2.05) is 35.2 Å². The molecule has 1 unspecified atom stereocenters. The van der Waals surface area contributed by atoms with Crippen molar-refractivity contribution < 1.29 is 14.2 Å². The van der Waals surface area contributed by atoms with Crippen molar-refractivity contribution in [3.8, 4) is 11.4 Å². The Kier molecular flexibility index (Phi) is 4.95. The first-order valence-corrected chi connectivity index (χ1v) is 11.0. The van der Waals surface area contributed by atoms with Gasteiger partial charge in [0.25, 0.3) is 0 Å². The Hall–Kier alpha value is -3.86. The van der Waals surface area contributed by atoms with E-state index in [-0.39, 0.29) is 11.8 Å². The largest absolute Gasteiger partial charge is 0.492 e. The zero-order valence-corrected chi connectivity index (χ0v) is 17.9. The molecule has 11 nitrogen and oxygen atoms in total. The third-order valence-electron chi connectivity index (χ3n) is 6.41. The van der Waals surface area contributed by atoms with E-state index in [2.05, 4.69) is 36.8 Å². The number of ether oxygens (including phenoxy) is 1. The Morgan fingerprint density at radius 3 is 2.76 bits per heavy atom. The average molecular weight is 446 g/mol. The van der Waals surface area contributed by atoms with Crippen LogP contribution in [0, 0.1) is 0 Å². The molecule has 11 heteroatoms. The molecular formula is C22H22N8O3. The van der Waals surface area contributed by atoms with Crippen molar-refractivity contribution >= 4 is 16.9 Å². The molecule has 33 heavy (non-hydrogen) atoms. The van der Waals surface area contributed by atoms with Crippen LogP contribution in [0.15, 0.2) is 47.4 Å². The number of nitrogens with zero attached hydrogens (tertiary/aromatic N) is 8. The molecule has 0 N–H and O–H groups in total. The van der Waals surface area contributed by atoms with Gasteiger partial charge in [-0.3, -0.25) is 9.69 Å². The van der Waals surface area contributed by atoms with Gasteiger partial charge in [0.05, 0.1) is 5.69 Å². The molecule has 1 atom stereocenters. The van der Waals surface area contributed by atoms with Crippen LogP contribution >= 0.6 is 0 Å². The highest BCUT2D eigenvalue weighted by Crippen LogP contribution is 2.36. The number of carbonyl (C=O) groups excluding carboxylic acids is 1. The van der Waals surface area contributed by atoms with Gasteiger partial charge in [0.2, 0.25) is 5.91 Å². The minimum absolute atomic E-state index is 0.132. The van der Waals surface area contributed by atoms with Crippen molar-refractivity contribution in [3.63, 3.8) is 0 Å². The summed E-state index contributed by atoms with van der Waals surface area (Å²) in [5, 5.41) is 19.0. The Balaban J connectivity index is 1.05. The quantitative estimate of drug-likeness (QED) is 0.444. The summed E-state index contributed by atoms with van der Waals surface area (Å²) in [6, 6.07) is 11.8. The molecule has 0 aliphatic carbocycles. The number of aromatic nitrogens is 6. The SMILES string of the molecule is O=C(C1COc2cc(-n3cnnn3)ccc21)N1CCN(CCc2ccc3nonc3c2)CC1. The van der Waals surface area contributed by atoms with Gasteiger partial charge in [0.15, 0.2) is 0 Å². The number of hydrogen-bond donors (Lipinski definition) is 0. The summed E-state index contributed by atoms with van der Waals surface area (Å²) in [4.78, 5) is 17.6. The smallest absolute Gasteiger partial charge is 0.233 e. The molecule has 2 aromatic carbocycles. The number of tetrazole rings is 1. The Morgan fingerprint density at radius 1 is 1.03 bits per heavy atom. The predicted molar refractivity (Wildman–Crippen MR) is 116 cm³/mol. The van der Waals surface area contributed by atoms with Crippen molar-refractivity contribution in [1.29, 1.82) is 0 Å². The summed E-state index contributed by atoms with van der Waals surface area (Å²) >= 11 is 0. The van der Waals surface area contributed by atoms with E-state index in [4.69, 9.17) is 9.37 Å². The second-order valence-electron chi connectivity index (χ2n) is 8.34. The molecule has 0 radical (unpaired) electrons. The third kappa shape index (κ3) is 3.80. The van der Waals surface area contributed by atoms with Crippen molar-refractivity contribution in [2.75, 3.05) is 39.3 Å². The molecule has 1 saturated heterocycles. The van der Waals surface area contributed by atoms with Gasteiger partial charge in [-0.05, 0) is 50.9 Å². The van der Waals surface area contributed by atoms with Crippen molar-refractivity contribution in [2.24, 2.45) is 0 Å². The fraction of sp³-hybridized carbons (Fsp3) is 0.364. The maximum absolute atomic E-state index is 13.2. The Labute approximate surface area is 188 Å². The van der Waals surface area contributed by atoms with E-state index in [1.165, 1.54) is 11.9 Å². The predicted octanol–water partition coefficient (Wildman–Crippen LogP) is 1.06. The molecule has 1 fully saturated rings. The molecule has 4 aromatic rings. The van der Waals surface area contributed by atoms with E-state index in [1.54, 1.807) is 4.68 Å². The van der Waals surface area contributed by atoms with Crippen LogP contribution in [0.1, 0.15) is 17.0 Å². The fourth-order valence-electron chi connectivity index (χ4n) is 4.51. The zero-order valence-electron chi connectivity index (χ0n) is 17.9. The normalized spacial score (nSPS) is 18.4. The monoisotopic (exact) mass is 446 g/mol. The first kappa shape index (κ1) is 19.8. The second-order valence-corrected chi connectivity index (χ2v) is 8.34. The van der Waals surface area contributed by atoms with E-state index < -0.39 is 0 Å². The highest BCUT2D eigenvalue weighted by Gasteiger charge is 2.34. The van der Waals surface area contributed by atoms with E-state index in [0.717, 1.165) is 67.2 Å². The minimum atomic E-state index is -0.266. The highest BCUT2D eigenvalue weighted by molar-refractivity contribution is 5.86. The van der Waals surface area contributed by atoms with Gasteiger partial charge in [-0.1, -0.05) is 12.1 Å². The molecule has 4 heterocycles. The van der Waals surface area contributed by atoms with Gasteiger partial charge in [-0.25, -0.2) is 9.31 Å². The number of amides is 1. The van der Waals surface area contributed by atoms with Crippen LogP contribution in [0.5, 0.6) is 5.75 Å². The van der Waals surface area contributed by atoms with Gasteiger partial charge < -0.3 is 9.64 Å². The maximum atomic E-state index is 13.2. The van der Waals surface area contributed by atoms with E-state index in [0.29, 0.717) is 6.61 Å². The molecule has 2 aromatic heterocycles. The number of rotatable bonds is 5. The van der Waals surface area contributed by atoms with Crippen LogP contribution in [-0.4, -0.2) is 85.6 Å². The van der Waals surface area contributed by atoms with Crippen LogP contribution in [0.25, 0.3) is 16.7 Å². The summed E-state index contributed by atoms with van der Waals surface area (Å²) < 4.78 is 12.2. The third-order valence-corrected chi connectivity index (χ3v) is 6.41. The van der Waals surface area contributed by atoms with Gasteiger partial charge >= 0.3 is 0 Å². The van der Waals surface area contributed by atoms with Crippen LogP contribution in [0.4, 0.5) is 0 Å². The van der Waals surface area contributed by atoms with Gasteiger partial charge in [0, 0.05) is 44.4 Å². The maximum Gasteiger partial charge on any atom is 0.233 e. The van der Waals surface area contributed by atoms with E-state index in [9.17, 15) is 4.79 Å². The molecular weight excluding hydrogens is 424 g/mol. The molecule has 0 saturated carbocycles. The molecule has 2 aliphatic heterocycles. The van der Waals surface area contributed by atoms with Crippen molar-refractivity contribution in [2.45, 2.75) is 12.3 Å². The van der Waals surface area contributed by atoms with Gasteiger partial charge in [-0.15, -0.1) is 5.10 Å². The molecule has 0 bridgehead atoms. The number of hydrogen-bond acceptors (Lipinski definition) is 9. The number of benzene rings is 2. The van der Waals surface area contributed by atoms with Crippen molar-refractivity contribution in [1.82, 2.24) is 40.3 Å². The summed E-state index contributed by atoms with van der Waals surface area (Å²) in [6.45, 7) is 4.47. The lowest BCUT2D eigenvalue weighted by Crippen LogP contribution is -2.50. The zero-order chi connectivity index (χ0) is 22.2. The Bertz CT molecular complexity index is 1280. The lowest BCUT2D eigenvalue weighted by Gasteiger charge is -2.35. The average Bonchev–Trinajstić information content (AvgIpc) is 3.62. The topological polar surface area (TPSA) is 115 Å². The standard InChI is InChI=1S/C22H22N8O3/c31-22(18-13-32-21-12-16(2-3-17(18)21)30-14-23-26-27-30)29-9-7-28(8-10-29)6-5-15-1-4-19-20(11-15)25-33-24-19/h1-4,11-12,14,18H,5-10,13H2. The fourth-order valence-corrected chi connectivity index (χ4v) is 4.51. The van der Waals surface area contributed by atoms with Crippen LogP contribution < -0.4 is 4.74 Å². The minimum Gasteiger partial charge on any atom is -0.492 e. The highest BCUT2D eigenvalue weighted by atomic mass is 16.6. The van der Waals surface area contributed by atoms with Gasteiger partial charge in [0.1, 0.15) is 35.6 Å². The van der Waals surface area contributed by atoms with Crippen LogP contribution in [0.2, 0.25) is 0 Å². The Morgan fingerprint density at radius 2 is 1.91 bits per heavy atom. The summed E-state index contributed by atoms with van der Waals surface area (Å²) in [5.74, 6) is 0.587.